The summed E-state index contributed by atoms with van der Waals surface area (Å²) in [6, 6.07) is 7.14. The summed E-state index contributed by atoms with van der Waals surface area (Å²) in [5.74, 6) is 0.0356. The third kappa shape index (κ3) is 4.85. The molecule has 6 heteroatoms. The Morgan fingerprint density at radius 1 is 1.19 bits per heavy atom. The van der Waals surface area contributed by atoms with E-state index in [1.165, 1.54) is 25.2 Å². The lowest BCUT2D eigenvalue weighted by atomic mass is 10.2. The summed E-state index contributed by atoms with van der Waals surface area (Å²) in [5, 5.41) is 5.07. The summed E-state index contributed by atoms with van der Waals surface area (Å²) >= 11 is 1.37. The van der Waals surface area contributed by atoms with Crippen LogP contribution in [0.4, 0.5) is 5.13 Å². The van der Waals surface area contributed by atoms with E-state index in [1.807, 2.05) is 29.7 Å². The van der Waals surface area contributed by atoms with Crippen molar-refractivity contribution >= 4 is 40.5 Å². The Kier molecular flexibility index (Phi) is 4.84. The van der Waals surface area contributed by atoms with Crippen LogP contribution in [0.5, 0.6) is 5.75 Å². The summed E-state index contributed by atoms with van der Waals surface area (Å²) in [5.41, 5.74) is 1.73. The van der Waals surface area contributed by atoms with Crippen molar-refractivity contribution in [3.63, 3.8) is 0 Å². The van der Waals surface area contributed by atoms with E-state index in [9.17, 15) is 9.59 Å². The lowest BCUT2D eigenvalue weighted by molar-refractivity contribution is -0.131. The largest absolute Gasteiger partial charge is 0.427 e. The Balaban J connectivity index is 2.01. The Labute approximate surface area is 126 Å². The molecule has 2 aromatic rings. The second-order valence-corrected chi connectivity index (χ2v) is 5.11. The minimum absolute atomic E-state index is 0.138. The van der Waals surface area contributed by atoms with Crippen molar-refractivity contribution in [1.29, 1.82) is 0 Å². The number of ether oxygens (including phenoxy) is 1. The van der Waals surface area contributed by atoms with Gasteiger partial charge in [0.05, 0.1) is 5.69 Å². The van der Waals surface area contributed by atoms with Crippen molar-refractivity contribution in [3.05, 3.63) is 40.9 Å². The lowest BCUT2D eigenvalue weighted by Crippen LogP contribution is -2.04. The molecule has 0 saturated carbocycles. The van der Waals surface area contributed by atoms with Gasteiger partial charge in [-0.05, 0) is 23.8 Å². The molecular formula is C15H14N2O3S. The molecule has 5 nitrogen and oxygen atoms in total. The third-order valence-electron chi connectivity index (χ3n) is 2.39. The first-order valence-corrected chi connectivity index (χ1v) is 7.10. The van der Waals surface area contributed by atoms with Crippen molar-refractivity contribution in [2.75, 3.05) is 5.32 Å². The number of hydrogen-bond donors (Lipinski definition) is 1. The van der Waals surface area contributed by atoms with Gasteiger partial charge in [0.25, 0.3) is 0 Å². The second kappa shape index (κ2) is 6.81. The number of carbonyl (C=O) groups is 2. The first-order chi connectivity index (χ1) is 10.0. The fraction of sp³-hybridized carbons (Fsp3) is 0.133. The van der Waals surface area contributed by atoms with E-state index in [1.54, 1.807) is 12.1 Å². The second-order valence-electron chi connectivity index (χ2n) is 4.25. The van der Waals surface area contributed by atoms with Crippen LogP contribution in [0, 0.1) is 0 Å². The molecule has 0 atom stereocenters. The van der Waals surface area contributed by atoms with Crippen LogP contribution in [0.25, 0.3) is 12.2 Å². The van der Waals surface area contributed by atoms with E-state index in [-0.39, 0.29) is 11.9 Å². The van der Waals surface area contributed by atoms with Crippen LogP contribution >= 0.6 is 11.3 Å². The van der Waals surface area contributed by atoms with E-state index in [0.29, 0.717) is 10.9 Å². The molecule has 0 bridgehead atoms. The van der Waals surface area contributed by atoms with Gasteiger partial charge in [0, 0.05) is 19.2 Å². The molecule has 108 valence electrons. The minimum atomic E-state index is -0.341. The maximum absolute atomic E-state index is 10.9. The fourth-order valence-electron chi connectivity index (χ4n) is 1.57. The number of esters is 1. The number of anilines is 1. The Hall–Kier alpha value is -2.47. The highest BCUT2D eigenvalue weighted by molar-refractivity contribution is 7.14. The van der Waals surface area contributed by atoms with Crippen LogP contribution in [-0.4, -0.2) is 16.9 Å². The molecule has 1 aromatic heterocycles. The first kappa shape index (κ1) is 14.9. The molecule has 1 amide bonds. The van der Waals surface area contributed by atoms with Crippen molar-refractivity contribution in [3.8, 4) is 5.75 Å². The molecule has 0 spiro atoms. The van der Waals surface area contributed by atoms with Gasteiger partial charge in [0.1, 0.15) is 5.75 Å². The van der Waals surface area contributed by atoms with Gasteiger partial charge in [0.15, 0.2) is 5.13 Å². The minimum Gasteiger partial charge on any atom is -0.427 e. The Bertz CT molecular complexity index is 674. The highest BCUT2D eigenvalue weighted by atomic mass is 32.1. The number of thiazole rings is 1. The van der Waals surface area contributed by atoms with Crippen molar-refractivity contribution in [2.45, 2.75) is 13.8 Å². The summed E-state index contributed by atoms with van der Waals surface area (Å²) in [6.45, 7) is 2.81. The molecular weight excluding hydrogens is 288 g/mol. The van der Waals surface area contributed by atoms with Gasteiger partial charge >= 0.3 is 5.97 Å². The van der Waals surface area contributed by atoms with Crippen LogP contribution in [-0.2, 0) is 9.59 Å². The molecule has 0 saturated heterocycles. The average molecular weight is 302 g/mol. The first-order valence-electron chi connectivity index (χ1n) is 6.22. The molecule has 2 rings (SSSR count). The molecule has 0 aliphatic heterocycles. The zero-order chi connectivity index (χ0) is 15.2. The van der Waals surface area contributed by atoms with Crippen LogP contribution in [0.3, 0.4) is 0 Å². The number of amides is 1. The van der Waals surface area contributed by atoms with E-state index in [4.69, 9.17) is 4.74 Å². The van der Waals surface area contributed by atoms with E-state index in [0.717, 1.165) is 11.3 Å². The average Bonchev–Trinajstić information content (AvgIpc) is 2.84. The summed E-state index contributed by atoms with van der Waals surface area (Å²) in [4.78, 5) is 26.0. The van der Waals surface area contributed by atoms with Crippen molar-refractivity contribution in [2.24, 2.45) is 0 Å². The van der Waals surface area contributed by atoms with Gasteiger partial charge in [-0.15, -0.1) is 11.3 Å². The van der Waals surface area contributed by atoms with Crippen LogP contribution < -0.4 is 10.1 Å². The SMILES string of the molecule is CC(=O)Nc1nc(C=Cc2ccc(OC(C)=O)cc2)cs1. The van der Waals surface area contributed by atoms with Crippen LogP contribution in [0.2, 0.25) is 0 Å². The fourth-order valence-corrected chi connectivity index (χ4v) is 2.29. The summed E-state index contributed by atoms with van der Waals surface area (Å²) in [6.07, 6.45) is 3.74. The van der Waals surface area contributed by atoms with Crippen molar-refractivity contribution in [1.82, 2.24) is 4.98 Å². The van der Waals surface area contributed by atoms with Gasteiger partial charge < -0.3 is 10.1 Å². The van der Waals surface area contributed by atoms with Gasteiger partial charge in [-0.3, -0.25) is 9.59 Å². The van der Waals surface area contributed by atoms with Crippen LogP contribution in [0.1, 0.15) is 25.1 Å². The lowest BCUT2D eigenvalue weighted by Gasteiger charge is -2.00. The normalized spacial score (nSPS) is 10.6. The molecule has 0 aliphatic rings. The molecule has 1 heterocycles. The maximum Gasteiger partial charge on any atom is 0.308 e. The smallest absolute Gasteiger partial charge is 0.308 e. The zero-order valence-corrected chi connectivity index (χ0v) is 12.4. The molecule has 0 radical (unpaired) electrons. The number of nitrogens with zero attached hydrogens (tertiary/aromatic N) is 1. The zero-order valence-electron chi connectivity index (χ0n) is 11.6. The highest BCUT2D eigenvalue weighted by Crippen LogP contribution is 2.18. The van der Waals surface area contributed by atoms with E-state index < -0.39 is 0 Å². The number of carbonyl (C=O) groups excluding carboxylic acids is 2. The molecule has 1 aromatic carbocycles. The standard InChI is InChI=1S/C15H14N2O3S/c1-10(18)16-15-17-13(9-21-15)6-3-12-4-7-14(8-5-12)20-11(2)19/h3-9H,1-2H3,(H,16,17,18). The molecule has 0 aliphatic carbocycles. The number of aromatic nitrogens is 1. The predicted octanol–water partition coefficient (Wildman–Crippen LogP) is 3.20. The summed E-state index contributed by atoms with van der Waals surface area (Å²) < 4.78 is 4.96. The molecule has 0 unspecified atom stereocenters. The quantitative estimate of drug-likeness (QED) is 0.695. The molecule has 1 N–H and O–H groups in total. The number of nitrogens with one attached hydrogen (secondary N) is 1. The van der Waals surface area contributed by atoms with Gasteiger partial charge in [-0.25, -0.2) is 4.98 Å². The third-order valence-corrected chi connectivity index (χ3v) is 3.17. The van der Waals surface area contributed by atoms with E-state index in [2.05, 4.69) is 10.3 Å². The number of rotatable bonds is 4. The van der Waals surface area contributed by atoms with Crippen molar-refractivity contribution < 1.29 is 14.3 Å². The monoisotopic (exact) mass is 302 g/mol. The Morgan fingerprint density at radius 3 is 2.52 bits per heavy atom. The van der Waals surface area contributed by atoms with Gasteiger partial charge in [-0.1, -0.05) is 18.2 Å². The Morgan fingerprint density at radius 2 is 1.90 bits per heavy atom. The van der Waals surface area contributed by atoms with Crippen LogP contribution in [0.15, 0.2) is 29.6 Å². The van der Waals surface area contributed by atoms with Gasteiger partial charge in [0.2, 0.25) is 5.91 Å². The van der Waals surface area contributed by atoms with Gasteiger partial charge in [-0.2, -0.15) is 0 Å². The number of benzene rings is 1. The van der Waals surface area contributed by atoms with E-state index >= 15 is 0 Å². The molecule has 0 fully saturated rings. The topological polar surface area (TPSA) is 68.3 Å². The number of hydrogen-bond acceptors (Lipinski definition) is 5. The maximum atomic E-state index is 10.9. The molecule has 21 heavy (non-hydrogen) atoms. The highest BCUT2D eigenvalue weighted by Gasteiger charge is 2.01. The predicted molar refractivity (Wildman–Crippen MR) is 83.1 cm³/mol. The summed E-state index contributed by atoms with van der Waals surface area (Å²) in [7, 11) is 0.